The van der Waals surface area contributed by atoms with E-state index in [9.17, 15) is 8.42 Å². The van der Waals surface area contributed by atoms with E-state index in [-0.39, 0.29) is 10.9 Å². The lowest BCUT2D eigenvalue weighted by Crippen LogP contribution is -2.29. The van der Waals surface area contributed by atoms with Crippen LogP contribution in [0.5, 0.6) is 11.5 Å². The molecule has 0 fully saturated rings. The highest BCUT2D eigenvalue weighted by molar-refractivity contribution is 7.89. The lowest BCUT2D eigenvalue weighted by Gasteiger charge is -2.21. The lowest BCUT2D eigenvalue weighted by atomic mass is 9.98. The molecule has 1 atom stereocenters. The third-order valence-corrected chi connectivity index (χ3v) is 6.32. The van der Waals surface area contributed by atoms with E-state index < -0.39 is 10.0 Å². The van der Waals surface area contributed by atoms with Gasteiger partial charge < -0.3 is 9.47 Å². The third-order valence-electron chi connectivity index (χ3n) is 4.85. The Balaban J connectivity index is 1.92. The zero-order valence-electron chi connectivity index (χ0n) is 17.2. The van der Waals surface area contributed by atoms with Gasteiger partial charge in [-0.3, -0.25) is 0 Å². The molecule has 3 aromatic carbocycles. The maximum absolute atomic E-state index is 13.1. The molecule has 1 N–H and O–H groups in total. The molecule has 5 nitrogen and oxygen atoms in total. The van der Waals surface area contributed by atoms with Crippen molar-refractivity contribution in [2.75, 3.05) is 14.2 Å². The third kappa shape index (κ3) is 5.08. The van der Waals surface area contributed by atoms with Crippen LogP contribution in [0.3, 0.4) is 0 Å². The average Bonchev–Trinajstić information content (AvgIpc) is 2.72. The van der Waals surface area contributed by atoms with E-state index >= 15 is 0 Å². The van der Waals surface area contributed by atoms with E-state index in [1.807, 2.05) is 42.5 Å². The molecule has 0 aliphatic carbocycles. The maximum Gasteiger partial charge on any atom is 0.241 e. The first-order chi connectivity index (χ1) is 13.8. The van der Waals surface area contributed by atoms with Crippen molar-refractivity contribution in [2.45, 2.75) is 31.2 Å². The van der Waals surface area contributed by atoms with Crippen molar-refractivity contribution in [3.05, 3.63) is 66.2 Å². The summed E-state index contributed by atoms with van der Waals surface area (Å²) in [7, 11) is -0.470. The molecule has 3 rings (SSSR count). The fraction of sp³-hybridized carbons (Fsp3) is 0.304. The summed E-state index contributed by atoms with van der Waals surface area (Å²) in [5.74, 6) is 1.81. The van der Waals surface area contributed by atoms with E-state index in [0.29, 0.717) is 12.3 Å². The fourth-order valence-electron chi connectivity index (χ4n) is 3.31. The molecule has 3 aromatic rings. The van der Waals surface area contributed by atoms with Crippen molar-refractivity contribution in [2.24, 2.45) is 5.92 Å². The molecule has 0 unspecified atom stereocenters. The Hall–Kier alpha value is -2.57. The van der Waals surface area contributed by atoms with Crippen LogP contribution in [0.1, 0.15) is 31.9 Å². The van der Waals surface area contributed by atoms with Crippen LogP contribution in [0, 0.1) is 5.92 Å². The van der Waals surface area contributed by atoms with E-state index in [0.717, 1.165) is 27.8 Å². The van der Waals surface area contributed by atoms with E-state index in [2.05, 4.69) is 18.6 Å². The van der Waals surface area contributed by atoms with Crippen LogP contribution >= 0.6 is 0 Å². The molecule has 0 aliphatic heterocycles. The highest BCUT2D eigenvalue weighted by atomic mass is 32.2. The summed E-state index contributed by atoms with van der Waals surface area (Å²) in [6.45, 7) is 4.16. The molecule has 6 heteroatoms. The monoisotopic (exact) mass is 413 g/mol. The first-order valence-corrected chi connectivity index (χ1v) is 11.0. The van der Waals surface area contributed by atoms with Crippen molar-refractivity contribution in [3.8, 4) is 11.5 Å². The zero-order valence-corrected chi connectivity index (χ0v) is 18.0. The van der Waals surface area contributed by atoms with Crippen molar-refractivity contribution >= 4 is 20.8 Å². The highest BCUT2D eigenvalue weighted by Gasteiger charge is 2.22. The predicted molar refractivity (Wildman–Crippen MR) is 116 cm³/mol. The molecule has 0 spiro atoms. The molecular weight excluding hydrogens is 386 g/mol. The number of sulfonamides is 1. The van der Waals surface area contributed by atoms with Crippen LogP contribution in [-0.2, 0) is 10.0 Å². The van der Waals surface area contributed by atoms with Crippen LogP contribution in [0.2, 0.25) is 0 Å². The Labute approximate surface area is 172 Å². The molecular formula is C23H27NO4S. The average molecular weight is 414 g/mol. The topological polar surface area (TPSA) is 64.6 Å². The number of fused-ring (bicyclic) bond motifs is 1. The number of ether oxygens (including phenoxy) is 2. The van der Waals surface area contributed by atoms with Crippen molar-refractivity contribution in [3.63, 3.8) is 0 Å². The summed E-state index contributed by atoms with van der Waals surface area (Å²) in [6.07, 6.45) is 0.691. The minimum atomic E-state index is -3.69. The summed E-state index contributed by atoms with van der Waals surface area (Å²) in [5.41, 5.74) is 0.911. The second kappa shape index (κ2) is 8.84. The highest BCUT2D eigenvalue weighted by Crippen LogP contribution is 2.28. The number of benzene rings is 3. The smallest absolute Gasteiger partial charge is 0.241 e. The van der Waals surface area contributed by atoms with Gasteiger partial charge in [-0.1, -0.05) is 38.1 Å². The predicted octanol–water partition coefficient (Wildman–Crippen LogP) is 4.92. The number of methoxy groups -OCH3 is 2. The quantitative estimate of drug-likeness (QED) is 0.569. The van der Waals surface area contributed by atoms with E-state index in [4.69, 9.17) is 9.47 Å². The largest absolute Gasteiger partial charge is 0.497 e. The molecule has 0 aliphatic rings. The van der Waals surface area contributed by atoms with Crippen molar-refractivity contribution in [1.29, 1.82) is 0 Å². The SMILES string of the molecule is COc1ccc([C@@H](CC(C)C)NS(=O)(=O)c2ccc3cc(OC)ccc3c2)cc1. The van der Waals surface area contributed by atoms with Gasteiger partial charge in [0.25, 0.3) is 0 Å². The molecule has 154 valence electrons. The normalized spacial score (nSPS) is 12.9. The summed E-state index contributed by atoms with van der Waals surface area (Å²) in [6, 6.07) is 17.9. The van der Waals surface area contributed by atoms with Gasteiger partial charge in [-0.25, -0.2) is 13.1 Å². The Kier molecular flexibility index (Phi) is 6.45. The van der Waals surface area contributed by atoms with Gasteiger partial charge in [-0.15, -0.1) is 0 Å². The van der Waals surface area contributed by atoms with Crippen molar-refractivity contribution < 1.29 is 17.9 Å². The van der Waals surface area contributed by atoms with Gasteiger partial charge in [-0.05, 0) is 65.1 Å². The zero-order chi connectivity index (χ0) is 21.0. The van der Waals surface area contributed by atoms with Crippen LogP contribution < -0.4 is 14.2 Å². The number of nitrogens with one attached hydrogen (secondary N) is 1. The van der Waals surface area contributed by atoms with Gasteiger partial charge >= 0.3 is 0 Å². The lowest BCUT2D eigenvalue weighted by molar-refractivity contribution is 0.414. The van der Waals surface area contributed by atoms with Gasteiger partial charge in [0.1, 0.15) is 11.5 Å². The minimum Gasteiger partial charge on any atom is -0.497 e. The second-order valence-corrected chi connectivity index (χ2v) is 9.17. The Morgan fingerprint density at radius 1 is 0.828 bits per heavy atom. The van der Waals surface area contributed by atoms with Crippen LogP contribution in [0.4, 0.5) is 0 Å². The summed E-state index contributed by atoms with van der Waals surface area (Å²) >= 11 is 0. The van der Waals surface area contributed by atoms with Gasteiger partial charge in [0.2, 0.25) is 10.0 Å². The number of hydrogen-bond donors (Lipinski definition) is 1. The Bertz CT molecular complexity index is 1080. The van der Waals surface area contributed by atoms with Gasteiger partial charge in [0.05, 0.1) is 19.1 Å². The molecule has 0 bridgehead atoms. The first-order valence-electron chi connectivity index (χ1n) is 9.56. The van der Waals surface area contributed by atoms with Crippen LogP contribution in [0.25, 0.3) is 10.8 Å². The minimum absolute atomic E-state index is 0.248. The summed E-state index contributed by atoms with van der Waals surface area (Å²) < 4.78 is 39.6. The first kappa shape index (κ1) is 21.1. The van der Waals surface area contributed by atoms with Gasteiger partial charge in [0, 0.05) is 6.04 Å². The van der Waals surface area contributed by atoms with Gasteiger partial charge in [0.15, 0.2) is 0 Å². The van der Waals surface area contributed by atoms with Crippen LogP contribution in [-0.4, -0.2) is 22.6 Å². The molecule has 0 saturated heterocycles. The van der Waals surface area contributed by atoms with E-state index in [1.54, 1.807) is 32.4 Å². The van der Waals surface area contributed by atoms with Gasteiger partial charge in [-0.2, -0.15) is 0 Å². The molecule has 0 saturated carbocycles. The summed E-state index contributed by atoms with van der Waals surface area (Å²) in [5, 5.41) is 1.77. The van der Waals surface area contributed by atoms with E-state index in [1.165, 1.54) is 0 Å². The molecule has 0 aromatic heterocycles. The van der Waals surface area contributed by atoms with Crippen molar-refractivity contribution in [1.82, 2.24) is 4.72 Å². The number of hydrogen-bond acceptors (Lipinski definition) is 4. The molecule has 0 heterocycles. The molecule has 0 radical (unpaired) electrons. The summed E-state index contributed by atoms with van der Waals surface area (Å²) in [4.78, 5) is 0.248. The molecule has 0 amide bonds. The van der Waals surface area contributed by atoms with Crippen LogP contribution in [0.15, 0.2) is 65.6 Å². The Morgan fingerprint density at radius 3 is 2.03 bits per heavy atom. The fourth-order valence-corrected chi connectivity index (χ4v) is 4.58. The molecule has 29 heavy (non-hydrogen) atoms. The second-order valence-electron chi connectivity index (χ2n) is 7.45. The standard InChI is InChI=1S/C23H27NO4S/c1-16(2)13-23(17-5-9-20(27-3)10-6-17)24-29(25,26)22-12-8-18-14-21(28-4)11-7-19(18)15-22/h5-12,14-16,23-24H,13H2,1-4H3/t23-/m1/s1. The number of rotatable bonds is 8. The maximum atomic E-state index is 13.1. The Morgan fingerprint density at radius 2 is 1.41 bits per heavy atom.